The number of nitrogens with zero attached hydrogens (tertiary/aromatic N) is 1. The highest BCUT2D eigenvalue weighted by Crippen LogP contribution is 2.27. The van der Waals surface area contributed by atoms with Gasteiger partial charge in [-0.2, -0.15) is 0 Å². The molecule has 0 atom stereocenters. The number of ether oxygens (including phenoxy) is 1. The minimum atomic E-state index is -0.332. The van der Waals surface area contributed by atoms with E-state index in [4.69, 9.17) is 15.9 Å². The van der Waals surface area contributed by atoms with Crippen molar-refractivity contribution in [2.75, 3.05) is 0 Å². The van der Waals surface area contributed by atoms with Crippen LogP contribution < -0.4 is 10.5 Å². The summed E-state index contributed by atoms with van der Waals surface area (Å²) in [4.78, 5) is 4.25. The fourth-order valence-electron chi connectivity index (χ4n) is 1.83. The zero-order valence-corrected chi connectivity index (χ0v) is 10.7. The largest absolute Gasteiger partial charge is 0.456 e. The Hall–Kier alpha value is -2.43. The van der Waals surface area contributed by atoms with Crippen LogP contribution >= 0.6 is 0 Å². The molecule has 0 aliphatic heterocycles. The Balaban J connectivity index is 2.44. The van der Waals surface area contributed by atoms with E-state index in [1.807, 2.05) is 6.92 Å². The SMILES string of the molecule is Cc1cc(Oc2ccc(F)cc2)c(C(=N)N)c(C)n1. The summed E-state index contributed by atoms with van der Waals surface area (Å²) >= 11 is 0. The van der Waals surface area contributed by atoms with E-state index in [2.05, 4.69) is 4.98 Å². The third-order valence-electron chi connectivity index (χ3n) is 2.60. The average Bonchev–Trinajstić information content (AvgIpc) is 2.30. The van der Waals surface area contributed by atoms with Crippen molar-refractivity contribution in [1.82, 2.24) is 4.98 Å². The van der Waals surface area contributed by atoms with E-state index in [0.29, 0.717) is 22.8 Å². The molecule has 0 aliphatic rings. The molecule has 4 nitrogen and oxygen atoms in total. The second kappa shape index (κ2) is 5.06. The van der Waals surface area contributed by atoms with E-state index in [1.54, 1.807) is 13.0 Å². The molecule has 0 radical (unpaired) electrons. The first kappa shape index (κ1) is 13.0. The van der Waals surface area contributed by atoms with Gasteiger partial charge in [-0.15, -0.1) is 0 Å². The molecule has 19 heavy (non-hydrogen) atoms. The molecule has 1 heterocycles. The number of nitrogen functional groups attached to an aromatic ring is 1. The Morgan fingerprint density at radius 1 is 1.26 bits per heavy atom. The number of nitrogens with one attached hydrogen (secondary N) is 1. The minimum Gasteiger partial charge on any atom is -0.456 e. The Morgan fingerprint density at radius 2 is 1.89 bits per heavy atom. The van der Waals surface area contributed by atoms with Gasteiger partial charge in [-0.1, -0.05) is 0 Å². The molecule has 5 heteroatoms. The minimum absolute atomic E-state index is 0.109. The number of rotatable bonds is 3. The van der Waals surface area contributed by atoms with Crippen LogP contribution in [-0.4, -0.2) is 10.8 Å². The van der Waals surface area contributed by atoms with Crippen molar-refractivity contribution in [2.24, 2.45) is 5.73 Å². The lowest BCUT2D eigenvalue weighted by atomic mass is 10.1. The topological polar surface area (TPSA) is 72.0 Å². The van der Waals surface area contributed by atoms with E-state index in [1.165, 1.54) is 24.3 Å². The molecule has 1 aromatic heterocycles. The fraction of sp³-hybridized carbons (Fsp3) is 0.143. The molecule has 2 rings (SSSR count). The van der Waals surface area contributed by atoms with Gasteiger partial charge in [-0.25, -0.2) is 4.39 Å². The molecule has 0 aliphatic carbocycles. The predicted octanol–water partition coefficient (Wildman–Crippen LogP) is 2.91. The highest BCUT2D eigenvalue weighted by atomic mass is 19.1. The van der Waals surface area contributed by atoms with Crippen LogP contribution in [0, 0.1) is 25.1 Å². The maximum absolute atomic E-state index is 12.8. The van der Waals surface area contributed by atoms with Gasteiger partial charge in [0.2, 0.25) is 0 Å². The van der Waals surface area contributed by atoms with Crippen LogP contribution in [-0.2, 0) is 0 Å². The Bertz CT molecular complexity index is 623. The summed E-state index contributed by atoms with van der Waals surface area (Å²) in [6, 6.07) is 7.36. The molecule has 0 saturated heterocycles. The Morgan fingerprint density at radius 3 is 2.47 bits per heavy atom. The summed E-state index contributed by atoms with van der Waals surface area (Å²) in [7, 11) is 0. The molecule has 0 amide bonds. The van der Waals surface area contributed by atoms with Crippen LogP contribution in [0.25, 0.3) is 0 Å². The lowest BCUT2D eigenvalue weighted by molar-refractivity contribution is 0.477. The number of benzene rings is 1. The van der Waals surface area contributed by atoms with Gasteiger partial charge in [0.25, 0.3) is 0 Å². The van der Waals surface area contributed by atoms with Gasteiger partial charge >= 0.3 is 0 Å². The van der Waals surface area contributed by atoms with Crippen molar-refractivity contribution in [1.29, 1.82) is 5.41 Å². The first-order valence-electron chi connectivity index (χ1n) is 5.73. The summed E-state index contributed by atoms with van der Waals surface area (Å²) in [6.07, 6.45) is 0. The van der Waals surface area contributed by atoms with Crippen molar-refractivity contribution < 1.29 is 9.13 Å². The second-order valence-electron chi connectivity index (χ2n) is 4.19. The third kappa shape index (κ3) is 2.88. The highest BCUT2D eigenvalue weighted by Gasteiger charge is 2.13. The van der Waals surface area contributed by atoms with E-state index < -0.39 is 0 Å². The fourth-order valence-corrected chi connectivity index (χ4v) is 1.83. The van der Waals surface area contributed by atoms with Crippen LogP contribution in [0.1, 0.15) is 17.0 Å². The Kier molecular flexibility index (Phi) is 3.46. The maximum Gasteiger partial charge on any atom is 0.141 e. The summed E-state index contributed by atoms with van der Waals surface area (Å²) in [6.45, 7) is 3.59. The smallest absolute Gasteiger partial charge is 0.141 e. The van der Waals surface area contributed by atoms with Gasteiger partial charge in [-0.3, -0.25) is 10.4 Å². The Labute approximate surface area is 110 Å². The number of aromatic nitrogens is 1. The van der Waals surface area contributed by atoms with Crippen molar-refractivity contribution >= 4 is 5.84 Å². The number of halogens is 1. The van der Waals surface area contributed by atoms with Gasteiger partial charge in [0.15, 0.2) is 0 Å². The first-order valence-corrected chi connectivity index (χ1v) is 5.73. The monoisotopic (exact) mass is 259 g/mol. The zero-order valence-electron chi connectivity index (χ0n) is 10.7. The molecule has 98 valence electrons. The quantitative estimate of drug-likeness (QED) is 0.657. The molecule has 0 unspecified atom stereocenters. The van der Waals surface area contributed by atoms with E-state index in [-0.39, 0.29) is 11.7 Å². The standard InChI is InChI=1S/C14H14FN3O/c1-8-7-12(13(14(16)17)9(2)18-8)19-11-5-3-10(15)4-6-11/h3-7H,1-2H3,(H3,16,17). The predicted molar refractivity (Wildman–Crippen MR) is 71.2 cm³/mol. The van der Waals surface area contributed by atoms with E-state index in [9.17, 15) is 4.39 Å². The molecular formula is C14H14FN3O. The van der Waals surface area contributed by atoms with Gasteiger partial charge in [0.05, 0.1) is 11.3 Å². The summed E-state index contributed by atoms with van der Waals surface area (Å²) in [5.74, 6) is 0.487. The van der Waals surface area contributed by atoms with Gasteiger partial charge in [0, 0.05) is 11.8 Å². The number of aryl methyl sites for hydroxylation is 2. The van der Waals surface area contributed by atoms with Crippen LogP contribution in [0.3, 0.4) is 0 Å². The summed E-state index contributed by atoms with van der Waals surface area (Å²) in [5.41, 5.74) is 7.39. The van der Waals surface area contributed by atoms with Crippen molar-refractivity contribution in [3.05, 3.63) is 53.1 Å². The van der Waals surface area contributed by atoms with Crippen molar-refractivity contribution in [3.8, 4) is 11.5 Å². The molecule has 0 saturated carbocycles. The van der Waals surface area contributed by atoms with Gasteiger partial charge < -0.3 is 10.5 Å². The van der Waals surface area contributed by atoms with Crippen molar-refractivity contribution in [2.45, 2.75) is 13.8 Å². The normalized spacial score (nSPS) is 10.3. The number of hydrogen-bond acceptors (Lipinski definition) is 3. The highest BCUT2D eigenvalue weighted by molar-refractivity contribution is 5.98. The zero-order chi connectivity index (χ0) is 14.0. The van der Waals surface area contributed by atoms with Crippen LogP contribution in [0.2, 0.25) is 0 Å². The average molecular weight is 259 g/mol. The number of pyridine rings is 1. The van der Waals surface area contributed by atoms with Gasteiger partial charge in [-0.05, 0) is 38.1 Å². The number of nitrogens with two attached hydrogens (primary N) is 1. The number of amidine groups is 1. The lowest BCUT2D eigenvalue weighted by Crippen LogP contribution is -2.15. The first-order chi connectivity index (χ1) is 8.97. The lowest BCUT2D eigenvalue weighted by Gasteiger charge is -2.13. The molecule has 0 spiro atoms. The van der Waals surface area contributed by atoms with Crippen molar-refractivity contribution in [3.63, 3.8) is 0 Å². The summed E-state index contributed by atoms with van der Waals surface area (Å²) < 4.78 is 18.5. The molecular weight excluding hydrogens is 245 g/mol. The van der Waals surface area contributed by atoms with E-state index >= 15 is 0 Å². The van der Waals surface area contributed by atoms with E-state index in [0.717, 1.165) is 5.69 Å². The third-order valence-corrected chi connectivity index (χ3v) is 2.60. The maximum atomic E-state index is 12.8. The van der Waals surface area contributed by atoms with Crippen LogP contribution in [0.4, 0.5) is 4.39 Å². The molecule has 3 N–H and O–H groups in total. The molecule has 2 aromatic rings. The molecule has 1 aromatic carbocycles. The summed E-state index contributed by atoms with van der Waals surface area (Å²) in [5, 5.41) is 7.59. The molecule has 0 fully saturated rings. The molecule has 0 bridgehead atoms. The van der Waals surface area contributed by atoms with Crippen LogP contribution in [0.15, 0.2) is 30.3 Å². The van der Waals surface area contributed by atoms with Crippen LogP contribution in [0.5, 0.6) is 11.5 Å². The second-order valence-corrected chi connectivity index (χ2v) is 4.19. The van der Waals surface area contributed by atoms with Gasteiger partial charge in [0.1, 0.15) is 23.2 Å². The number of hydrogen-bond donors (Lipinski definition) is 2.